The van der Waals surface area contributed by atoms with Crippen molar-refractivity contribution >= 4 is 17.7 Å². The zero-order valence-corrected chi connectivity index (χ0v) is 16.6. The zero-order valence-electron chi connectivity index (χ0n) is 16.6. The Morgan fingerprint density at radius 3 is 1.47 bits per heavy atom. The summed E-state index contributed by atoms with van der Waals surface area (Å²) in [6, 6.07) is 0. The standard InChI is InChI=1S/C16H23F9N4O3/c17-14(18,19)11(30)27-7-3-6-26-5-1-2-9-29(13(32)16(23,24)25)10-4-8-28-12(31)15(20,21)22/h26H,1-10H2,(H,27,30)(H,28,31). The normalized spacial score (nSPS) is 12.4. The number of halogens is 9. The third kappa shape index (κ3) is 13.2. The summed E-state index contributed by atoms with van der Waals surface area (Å²) < 4.78 is 110. The van der Waals surface area contributed by atoms with Gasteiger partial charge in [-0.1, -0.05) is 0 Å². The van der Waals surface area contributed by atoms with E-state index >= 15 is 0 Å². The molecule has 32 heavy (non-hydrogen) atoms. The highest BCUT2D eigenvalue weighted by Gasteiger charge is 2.42. The molecule has 0 saturated carbocycles. The zero-order chi connectivity index (χ0) is 25.0. The summed E-state index contributed by atoms with van der Waals surface area (Å²) in [5.74, 6) is -6.46. The Balaban J connectivity index is 4.17. The Hall–Kier alpha value is -2.26. The highest BCUT2D eigenvalue weighted by molar-refractivity contribution is 5.82. The number of nitrogens with one attached hydrogen (secondary N) is 3. The van der Waals surface area contributed by atoms with Gasteiger partial charge in [-0.3, -0.25) is 14.4 Å². The number of amides is 3. The van der Waals surface area contributed by atoms with Gasteiger partial charge in [0, 0.05) is 26.2 Å². The van der Waals surface area contributed by atoms with Crippen LogP contribution in [0.15, 0.2) is 0 Å². The van der Waals surface area contributed by atoms with Crippen LogP contribution in [0.25, 0.3) is 0 Å². The summed E-state index contributed by atoms with van der Waals surface area (Å²) in [5.41, 5.74) is 0. The second kappa shape index (κ2) is 13.3. The van der Waals surface area contributed by atoms with E-state index in [1.807, 2.05) is 0 Å². The molecule has 0 fully saturated rings. The highest BCUT2D eigenvalue weighted by Crippen LogP contribution is 2.19. The molecular formula is C16H23F9N4O3. The van der Waals surface area contributed by atoms with Gasteiger partial charge in [0.05, 0.1) is 0 Å². The molecule has 0 aliphatic rings. The topological polar surface area (TPSA) is 90.5 Å². The second-order valence-electron chi connectivity index (χ2n) is 6.46. The number of alkyl halides is 9. The van der Waals surface area contributed by atoms with Crippen molar-refractivity contribution in [2.75, 3.05) is 39.3 Å². The van der Waals surface area contributed by atoms with Gasteiger partial charge in [0.2, 0.25) is 0 Å². The monoisotopic (exact) mass is 490 g/mol. The number of rotatable bonds is 13. The Morgan fingerprint density at radius 1 is 0.562 bits per heavy atom. The van der Waals surface area contributed by atoms with E-state index in [1.54, 1.807) is 5.32 Å². The van der Waals surface area contributed by atoms with E-state index in [-0.39, 0.29) is 45.4 Å². The first-order valence-electron chi connectivity index (χ1n) is 9.33. The SMILES string of the molecule is O=C(NCCCNCCCCN(CCCNC(=O)C(F)(F)F)C(=O)C(F)(F)F)C(F)(F)F. The number of carbonyl (C=O) groups is 3. The van der Waals surface area contributed by atoms with Crippen molar-refractivity contribution in [1.29, 1.82) is 0 Å². The molecule has 0 aromatic heterocycles. The molecule has 0 unspecified atom stereocenters. The first-order valence-corrected chi connectivity index (χ1v) is 9.33. The molecular weight excluding hydrogens is 467 g/mol. The van der Waals surface area contributed by atoms with Crippen LogP contribution >= 0.6 is 0 Å². The lowest BCUT2D eigenvalue weighted by atomic mass is 10.2. The summed E-state index contributed by atoms with van der Waals surface area (Å²) >= 11 is 0. The molecule has 0 saturated heterocycles. The fraction of sp³-hybridized carbons (Fsp3) is 0.812. The molecule has 0 aromatic carbocycles. The van der Waals surface area contributed by atoms with Crippen molar-refractivity contribution in [3.05, 3.63) is 0 Å². The largest absolute Gasteiger partial charge is 0.471 e. The van der Waals surface area contributed by atoms with Crippen LogP contribution in [0.3, 0.4) is 0 Å². The number of hydrogen-bond acceptors (Lipinski definition) is 4. The van der Waals surface area contributed by atoms with E-state index in [4.69, 9.17) is 0 Å². The average Bonchev–Trinajstić information content (AvgIpc) is 2.64. The first-order chi connectivity index (χ1) is 14.6. The maximum Gasteiger partial charge on any atom is 0.471 e. The molecule has 7 nitrogen and oxygen atoms in total. The quantitative estimate of drug-likeness (QED) is 0.272. The predicted octanol–water partition coefficient (Wildman–Crippen LogP) is 1.88. The average molecular weight is 490 g/mol. The molecule has 16 heteroatoms. The third-order valence-corrected chi connectivity index (χ3v) is 3.78. The van der Waals surface area contributed by atoms with E-state index in [1.165, 1.54) is 5.32 Å². The smallest absolute Gasteiger partial charge is 0.348 e. The number of carbonyl (C=O) groups excluding carboxylic acids is 3. The maximum absolute atomic E-state index is 12.6. The Bertz CT molecular complexity index is 607. The summed E-state index contributed by atoms with van der Waals surface area (Å²) in [7, 11) is 0. The van der Waals surface area contributed by atoms with Gasteiger partial charge in [-0.25, -0.2) is 0 Å². The Labute approximate surface area is 177 Å². The molecule has 0 rings (SSSR count). The summed E-state index contributed by atoms with van der Waals surface area (Å²) in [5, 5.41) is 5.95. The minimum absolute atomic E-state index is 0.106. The molecule has 3 N–H and O–H groups in total. The summed E-state index contributed by atoms with van der Waals surface area (Å²) in [6.45, 7) is -1.18. The van der Waals surface area contributed by atoms with Crippen LogP contribution in [0.5, 0.6) is 0 Å². The van der Waals surface area contributed by atoms with Crippen molar-refractivity contribution in [2.24, 2.45) is 0 Å². The van der Waals surface area contributed by atoms with Crippen LogP contribution < -0.4 is 16.0 Å². The third-order valence-electron chi connectivity index (χ3n) is 3.78. The molecule has 0 aromatic rings. The lowest BCUT2D eigenvalue weighted by molar-refractivity contribution is -0.185. The van der Waals surface area contributed by atoms with E-state index in [0.717, 1.165) is 0 Å². The van der Waals surface area contributed by atoms with Crippen molar-refractivity contribution < 1.29 is 53.9 Å². The van der Waals surface area contributed by atoms with Gasteiger partial charge in [-0.15, -0.1) is 0 Å². The molecule has 0 radical (unpaired) electrons. The number of unbranched alkanes of at least 4 members (excludes halogenated alkanes) is 1. The van der Waals surface area contributed by atoms with Crippen LogP contribution in [0.1, 0.15) is 25.7 Å². The van der Waals surface area contributed by atoms with E-state index in [2.05, 4.69) is 5.32 Å². The van der Waals surface area contributed by atoms with Gasteiger partial charge < -0.3 is 20.9 Å². The molecule has 188 valence electrons. The lowest BCUT2D eigenvalue weighted by Gasteiger charge is -2.24. The molecule has 3 amide bonds. The Kier molecular flexibility index (Phi) is 12.4. The second-order valence-corrected chi connectivity index (χ2v) is 6.46. The molecule has 0 spiro atoms. The van der Waals surface area contributed by atoms with Gasteiger partial charge in [-0.2, -0.15) is 39.5 Å². The van der Waals surface area contributed by atoms with Crippen LogP contribution in [0, 0.1) is 0 Å². The van der Waals surface area contributed by atoms with Gasteiger partial charge in [0.15, 0.2) is 0 Å². The Morgan fingerprint density at radius 2 is 1.00 bits per heavy atom. The van der Waals surface area contributed by atoms with E-state index in [0.29, 0.717) is 11.3 Å². The van der Waals surface area contributed by atoms with Crippen molar-refractivity contribution in [2.45, 2.75) is 44.2 Å². The molecule has 0 aliphatic carbocycles. The van der Waals surface area contributed by atoms with Crippen LogP contribution in [0.2, 0.25) is 0 Å². The molecule has 0 aliphatic heterocycles. The number of hydrogen-bond donors (Lipinski definition) is 3. The van der Waals surface area contributed by atoms with Crippen molar-refractivity contribution in [1.82, 2.24) is 20.9 Å². The minimum Gasteiger partial charge on any atom is -0.348 e. The van der Waals surface area contributed by atoms with E-state index < -0.39 is 49.3 Å². The van der Waals surface area contributed by atoms with E-state index in [9.17, 15) is 53.9 Å². The first kappa shape index (κ1) is 29.7. The highest BCUT2D eigenvalue weighted by atomic mass is 19.4. The maximum atomic E-state index is 12.6. The van der Waals surface area contributed by atoms with Crippen molar-refractivity contribution in [3.63, 3.8) is 0 Å². The summed E-state index contributed by atoms with van der Waals surface area (Å²) in [6.07, 6.45) is -15.0. The van der Waals surface area contributed by atoms with Gasteiger partial charge >= 0.3 is 36.3 Å². The van der Waals surface area contributed by atoms with Crippen LogP contribution in [-0.4, -0.2) is 80.4 Å². The van der Waals surface area contributed by atoms with Crippen LogP contribution in [-0.2, 0) is 14.4 Å². The minimum atomic E-state index is -5.17. The predicted molar refractivity (Wildman–Crippen MR) is 92.1 cm³/mol. The number of nitrogens with zero attached hydrogens (tertiary/aromatic N) is 1. The lowest BCUT2D eigenvalue weighted by Crippen LogP contribution is -2.43. The fourth-order valence-electron chi connectivity index (χ4n) is 2.26. The van der Waals surface area contributed by atoms with Gasteiger partial charge in [-0.05, 0) is 38.8 Å². The molecule has 0 heterocycles. The van der Waals surface area contributed by atoms with Crippen molar-refractivity contribution in [3.8, 4) is 0 Å². The fourth-order valence-corrected chi connectivity index (χ4v) is 2.26. The van der Waals surface area contributed by atoms with Gasteiger partial charge in [0.1, 0.15) is 0 Å². The molecule has 0 bridgehead atoms. The van der Waals surface area contributed by atoms with Gasteiger partial charge in [0.25, 0.3) is 0 Å². The summed E-state index contributed by atoms with van der Waals surface area (Å²) in [4.78, 5) is 33.0. The van der Waals surface area contributed by atoms with Crippen LogP contribution in [0.4, 0.5) is 39.5 Å². The molecule has 0 atom stereocenters.